The van der Waals surface area contributed by atoms with Crippen molar-refractivity contribution in [3.05, 3.63) is 28.2 Å². The van der Waals surface area contributed by atoms with Gasteiger partial charge in [-0.3, -0.25) is 19.2 Å². The third-order valence-corrected chi connectivity index (χ3v) is 5.66. The molecule has 0 aromatic carbocycles. The molecule has 1 aromatic rings. The van der Waals surface area contributed by atoms with Crippen LogP contribution in [0.1, 0.15) is 24.3 Å². The summed E-state index contributed by atoms with van der Waals surface area (Å²) in [6.07, 6.45) is 1.37. The van der Waals surface area contributed by atoms with Crippen LogP contribution in [0.25, 0.3) is 0 Å². The Hall–Kier alpha value is -2.00. The van der Waals surface area contributed by atoms with E-state index in [2.05, 4.69) is 10.4 Å². The number of nitrogens with one attached hydrogen (secondary N) is 1. The summed E-state index contributed by atoms with van der Waals surface area (Å²) in [6.45, 7) is 3.97. The second-order valence-corrected chi connectivity index (χ2v) is 6.96. The van der Waals surface area contributed by atoms with Crippen molar-refractivity contribution in [3.8, 4) is 0 Å². The molecule has 1 aromatic heterocycles. The molecule has 0 unspecified atom stereocenters. The Labute approximate surface area is 146 Å². The van der Waals surface area contributed by atoms with Crippen LogP contribution < -0.4 is 5.32 Å². The number of aryl methyl sites for hydroxylation is 1. The highest BCUT2D eigenvalue weighted by atomic mass is 35.5. The van der Waals surface area contributed by atoms with Crippen molar-refractivity contribution in [2.75, 3.05) is 5.75 Å². The van der Waals surface area contributed by atoms with Gasteiger partial charge in [0.2, 0.25) is 0 Å². The van der Waals surface area contributed by atoms with Crippen LogP contribution >= 0.6 is 23.4 Å². The zero-order valence-electron chi connectivity index (χ0n) is 12.9. The number of thioether (sulfide) groups is 1. The molecule has 1 fully saturated rings. The number of rotatable bonds is 4. The molecule has 1 saturated heterocycles. The van der Waals surface area contributed by atoms with Crippen molar-refractivity contribution in [1.29, 1.82) is 0 Å². The van der Waals surface area contributed by atoms with Crippen LogP contribution in [0.2, 0.25) is 5.02 Å². The summed E-state index contributed by atoms with van der Waals surface area (Å²) in [5.74, 6) is -1.57. The molecule has 24 heavy (non-hydrogen) atoms. The van der Waals surface area contributed by atoms with E-state index in [4.69, 9.17) is 11.6 Å². The fraction of sp³-hybridized carbons (Fsp3) is 0.429. The topological polar surface area (TPSA) is 105 Å². The van der Waals surface area contributed by atoms with Crippen LogP contribution in [0.4, 0.5) is 0 Å². The van der Waals surface area contributed by atoms with E-state index in [1.54, 1.807) is 6.92 Å². The summed E-state index contributed by atoms with van der Waals surface area (Å²) >= 11 is 7.41. The number of carboxylic acid groups (broad SMARTS) is 1. The van der Waals surface area contributed by atoms with E-state index in [9.17, 15) is 19.5 Å². The van der Waals surface area contributed by atoms with Gasteiger partial charge in [-0.05, 0) is 19.4 Å². The Kier molecular flexibility index (Phi) is 4.31. The molecular weight excluding hydrogens is 356 g/mol. The molecule has 2 N–H and O–H groups in total. The van der Waals surface area contributed by atoms with E-state index < -0.39 is 29.2 Å². The lowest BCUT2D eigenvalue weighted by molar-refractivity contribution is -0.148. The van der Waals surface area contributed by atoms with Gasteiger partial charge in [-0.15, -0.1) is 11.8 Å². The van der Waals surface area contributed by atoms with E-state index in [1.165, 1.54) is 27.5 Å². The maximum Gasteiger partial charge on any atom is 0.352 e. The zero-order valence-corrected chi connectivity index (χ0v) is 14.5. The number of hydrogen-bond acceptors (Lipinski definition) is 5. The number of β-lactam (4-membered cyclic amide) rings is 1. The Bertz CT molecular complexity index is 775. The predicted molar refractivity (Wildman–Crippen MR) is 87.6 cm³/mol. The molecule has 2 atom stereocenters. The first-order valence-electron chi connectivity index (χ1n) is 7.26. The molecule has 0 spiro atoms. The second kappa shape index (κ2) is 6.14. The smallest absolute Gasteiger partial charge is 0.352 e. The number of nitrogens with zero attached hydrogens (tertiary/aromatic N) is 3. The van der Waals surface area contributed by atoms with Gasteiger partial charge < -0.3 is 10.4 Å². The summed E-state index contributed by atoms with van der Waals surface area (Å²) < 4.78 is 1.44. The van der Waals surface area contributed by atoms with Crippen molar-refractivity contribution in [2.24, 2.45) is 0 Å². The van der Waals surface area contributed by atoms with Gasteiger partial charge in [0.1, 0.15) is 22.8 Å². The lowest BCUT2D eigenvalue weighted by Gasteiger charge is -2.49. The lowest BCUT2D eigenvalue weighted by Crippen LogP contribution is -2.70. The third kappa shape index (κ3) is 2.48. The SMILES string of the molecule is CCn1ncc(Cl)c1C(=O)N[C@H]1C(=O)N2C(C(=O)O)=C(C)CS[C@@H]12. The standard InChI is InChI=1S/C14H15ClN4O4S/c1-3-18-10(7(15)4-16-18)11(20)17-8-12(21)19-9(14(22)23)6(2)5-24-13(8)19/h4,8,13H,3,5H2,1-2H3,(H,17,20)(H,22,23)/t8-,13-/m0/s1. The zero-order chi connectivity index (χ0) is 17.6. The van der Waals surface area contributed by atoms with Crippen molar-refractivity contribution >= 4 is 41.1 Å². The van der Waals surface area contributed by atoms with Gasteiger partial charge in [-0.2, -0.15) is 5.10 Å². The van der Waals surface area contributed by atoms with E-state index in [-0.39, 0.29) is 16.4 Å². The molecule has 0 saturated carbocycles. The summed E-state index contributed by atoms with van der Waals surface area (Å²) in [5, 5.41) is 15.7. The van der Waals surface area contributed by atoms with Gasteiger partial charge in [0, 0.05) is 12.3 Å². The first-order chi connectivity index (χ1) is 11.4. The number of aromatic nitrogens is 2. The Morgan fingerprint density at radius 3 is 2.88 bits per heavy atom. The van der Waals surface area contributed by atoms with E-state index >= 15 is 0 Å². The molecule has 128 valence electrons. The monoisotopic (exact) mass is 370 g/mol. The van der Waals surface area contributed by atoms with Gasteiger partial charge in [-0.25, -0.2) is 4.79 Å². The van der Waals surface area contributed by atoms with Crippen LogP contribution in [0, 0.1) is 0 Å². The van der Waals surface area contributed by atoms with Crippen molar-refractivity contribution in [3.63, 3.8) is 0 Å². The number of carbonyl (C=O) groups excluding carboxylic acids is 2. The minimum absolute atomic E-state index is 0.00545. The highest BCUT2D eigenvalue weighted by molar-refractivity contribution is 8.00. The van der Waals surface area contributed by atoms with Crippen LogP contribution in [0.5, 0.6) is 0 Å². The minimum Gasteiger partial charge on any atom is -0.477 e. The van der Waals surface area contributed by atoms with Crippen LogP contribution in [-0.4, -0.2) is 54.7 Å². The molecule has 3 rings (SSSR count). The summed E-state index contributed by atoms with van der Waals surface area (Å²) in [4.78, 5) is 37.4. The van der Waals surface area contributed by atoms with Crippen LogP contribution in [0.3, 0.4) is 0 Å². The highest BCUT2D eigenvalue weighted by Gasteiger charge is 2.53. The average molecular weight is 371 g/mol. The molecule has 2 amide bonds. The number of carboxylic acids is 1. The first kappa shape index (κ1) is 16.8. The third-order valence-electron chi connectivity index (χ3n) is 3.96. The number of fused-ring (bicyclic) bond motifs is 1. The van der Waals surface area contributed by atoms with Crippen molar-refractivity contribution < 1.29 is 19.5 Å². The molecular formula is C14H15ClN4O4S. The fourth-order valence-electron chi connectivity index (χ4n) is 2.81. The van der Waals surface area contributed by atoms with E-state index in [0.29, 0.717) is 17.9 Å². The Morgan fingerprint density at radius 2 is 2.25 bits per heavy atom. The maximum atomic E-state index is 12.4. The molecule has 8 nitrogen and oxygen atoms in total. The summed E-state index contributed by atoms with van der Waals surface area (Å²) in [5.41, 5.74) is 0.830. The van der Waals surface area contributed by atoms with Gasteiger partial charge in [0.25, 0.3) is 11.8 Å². The summed E-state index contributed by atoms with van der Waals surface area (Å²) in [6, 6.07) is -0.777. The lowest BCUT2D eigenvalue weighted by atomic mass is 10.0. The van der Waals surface area contributed by atoms with Gasteiger partial charge in [-0.1, -0.05) is 11.6 Å². The highest BCUT2D eigenvalue weighted by Crippen LogP contribution is 2.40. The van der Waals surface area contributed by atoms with Crippen LogP contribution in [-0.2, 0) is 16.1 Å². The van der Waals surface area contributed by atoms with E-state index in [0.717, 1.165) is 0 Å². The van der Waals surface area contributed by atoms with Crippen molar-refractivity contribution in [2.45, 2.75) is 31.8 Å². The molecule has 0 aliphatic carbocycles. The molecule has 2 aliphatic rings. The van der Waals surface area contributed by atoms with Crippen LogP contribution in [0.15, 0.2) is 17.5 Å². The first-order valence-corrected chi connectivity index (χ1v) is 8.69. The van der Waals surface area contributed by atoms with Gasteiger partial charge in [0.15, 0.2) is 0 Å². The van der Waals surface area contributed by atoms with Gasteiger partial charge >= 0.3 is 5.97 Å². The van der Waals surface area contributed by atoms with E-state index in [1.807, 2.05) is 6.92 Å². The second-order valence-electron chi connectivity index (χ2n) is 5.45. The molecule has 3 heterocycles. The number of carbonyl (C=O) groups is 3. The Balaban J connectivity index is 1.79. The number of aliphatic carboxylic acids is 1. The molecule has 0 radical (unpaired) electrons. The number of hydrogen-bond donors (Lipinski definition) is 2. The molecule has 2 aliphatic heterocycles. The average Bonchev–Trinajstić information content (AvgIpc) is 2.92. The maximum absolute atomic E-state index is 12.4. The number of halogens is 1. The fourth-order valence-corrected chi connectivity index (χ4v) is 4.33. The predicted octanol–water partition coefficient (Wildman–Crippen LogP) is 0.928. The summed E-state index contributed by atoms with van der Waals surface area (Å²) in [7, 11) is 0. The van der Waals surface area contributed by atoms with Crippen molar-refractivity contribution in [1.82, 2.24) is 20.0 Å². The quantitative estimate of drug-likeness (QED) is 0.764. The normalized spacial score (nSPS) is 23.0. The Morgan fingerprint density at radius 1 is 1.54 bits per heavy atom. The number of amides is 2. The van der Waals surface area contributed by atoms with Gasteiger partial charge in [0.05, 0.1) is 11.2 Å². The minimum atomic E-state index is -1.14. The molecule has 10 heteroatoms. The molecule has 0 bridgehead atoms. The largest absolute Gasteiger partial charge is 0.477 e.